The van der Waals surface area contributed by atoms with Gasteiger partial charge in [-0.25, -0.2) is 9.37 Å². The predicted octanol–water partition coefficient (Wildman–Crippen LogP) is 5.18. The van der Waals surface area contributed by atoms with E-state index < -0.39 is 23.5 Å². The number of anilines is 1. The second-order valence-electron chi connectivity index (χ2n) is 6.87. The van der Waals surface area contributed by atoms with E-state index in [-0.39, 0.29) is 16.9 Å². The first-order valence-corrected chi connectivity index (χ1v) is 10.2. The van der Waals surface area contributed by atoms with Gasteiger partial charge in [0.1, 0.15) is 11.6 Å². The van der Waals surface area contributed by atoms with Gasteiger partial charge in [-0.1, -0.05) is 23.7 Å². The summed E-state index contributed by atoms with van der Waals surface area (Å²) in [6, 6.07) is 10.8. The van der Waals surface area contributed by atoms with E-state index in [0.717, 1.165) is 10.6 Å². The molecule has 1 aliphatic heterocycles. The number of aliphatic hydroxyl groups excluding tert-OH is 1. The Balaban J connectivity index is 1.94. The number of Topliss-reactive ketones (excluding diaryl/α,β-unsaturated/α-hetero) is 1. The SMILES string of the molecule is Cc1nc(N2C(=O)C(=O)C(=C(O)c3ccc(F)cc3)[C@H]2c2ccc(Cl)cc2)sc1C. The van der Waals surface area contributed by atoms with Gasteiger partial charge in [0.05, 0.1) is 17.3 Å². The maximum Gasteiger partial charge on any atom is 0.301 e. The normalized spacial score (nSPS) is 18.3. The van der Waals surface area contributed by atoms with E-state index in [1.807, 2.05) is 13.8 Å². The maximum absolute atomic E-state index is 13.3. The molecule has 2 aromatic carbocycles. The predicted molar refractivity (Wildman–Crippen MR) is 114 cm³/mol. The Morgan fingerprint density at radius 1 is 1.10 bits per heavy atom. The number of aryl methyl sites for hydroxylation is 2. The number of amides is 1. The molecule has 5 nitrogen and oxygen atoms in total. The summed E-state index contributed by atoms with van der Waals surface area (Å²) in [6.07, 6.45) is 0. The Hall–Kier alpha value is -3.03. The van der Waals surface area contributed by atoms with Crippen molar-refractivity contribution < 1.29 is 19.1 Å². The number of nitrogens with zero attached hydrogens (tertiary/aromatic N) is 2. The fourth-order valence-electron chi connectivity index (χ4n) is 3.31. The summed E-state index contributed by atoms with van der Waals surface area (Å²) in [6.45, 7) is 3.70. The van der Waals surface area contributed by atoms with E-state index in [1.54, 1.807) is 24.3 Å². The summed E-state index contributed by atoms with van der Waals surface area (Å²) in [5, 5.41) is 11.8. The lowest BCUT2D eigenvalue weighted by molar-refractivity contribution is -0.132. The minimum absolute atomic E-state index is 0.0839. The molecule has 0 bridgehead atoms. The van der Waals surface area contributed by atoms with Gasteiger partial charge >= 0.3 is 5.91 Å². The Bertz CT molecular complexity index is 1170. The van der Waals surface area contributed by atoms with Crippen molar-refractivity contribution in [2.24, 2.45) is 0 Å². The van der Waals surface area contributed by atoms with Crippen LogP contribution in [0.4, 0.5) is 9.52 Å². The number of thiazole rings is 1. The molecular weight excluding hydrogens is 427 g/mol. The van der Waals surface area contributed by atoms with E-state index in [0.29, 0.717) is 15.7 Å². The minimum Gasteiger partial charge on any atom is -0.507 e. The standard InChI is InChI=1S/C22H16ClFN2O3S/c1-11-12(2)30-22(25-11)26-18(13-3-7-15(23)8-4-13)17(20(28)21(26)29)19(27)14-5-9-16(24)10-6-14/h3-10,18,27H,1-2H3/t18-/m1/s1. The van der Waals surface area contributed by atoms with E-state index in [2.05, 4.69) is 4.98 Å². The lowest BCUT2D eigenvalue weighted by Gasteiger charge is -2.23. The van der Waals surface area contributed by atoms with Gasteiger partial charge in [0, 0.05) is 15.5 Å². The molecule has 1 saturated heterocycles. The Morgan fingerprint density at radius 2 is 1.73 bits per heavy atom. The van der Waals surface area contributed by atoms with Crippen molar-refractivity contribution in [1.29, 1.82) is 0 Å². The molecule has 0 aliphatic carbocycles. The lowest BCUT2D eigenvalue weighted by atomic mass is 9.95. The maximum atomic E-state index is 13.3. The highest BCUT2D eigenvalue weighted by Gasteiger charge is 2.48. The molecule has 1 aromatic heterocycles. The summed E-state index contributed by atoms with van der Waals surface area (Å²) < 4.78 is 13.3. The van der Waals surface area contributed by atoms with Crippen molar-refractivity contribution in [3.63, 3.8) is 0 Å². The number of aliphatic hydroxyl groups is 1. The van der Waals surface area contributed by atoms with E-state index in [9.17, 15) is 19.1 Å². The molecule has 4 rings (SSSR count). The van der Waals surface area contributed by atoms with Crippen LogP contribution in [0.1, 0.15) is 27.7 Å². The van der Waals surface area contributed by atoms with Crippen LogP contribution in [0.2, 0.25) is 5.02 Å². The third-order valence-corrected chi connectivity index (χ3v) is 6.30. The van der Waals surface area contributed by atoms with Gasteiger partial charge in [0.25, 0.3) is 5.78 Å². The number of halogens is 2. The van der Waals surface area contributed by atoms with Crippen LogP contribution in [0.25, 0.3) is 5.76 Å². The summed E-state index contributed by atoms with van der Waals surface area (Å²) >= 11 is 7.30. The van der Waals surface area contributed by atoms with Gasteiger partial charge in [0.15, 0.2) is 5.13 Å². The fraction of sp³-hybridized carbons (Fsp3) is 0.136. The van der Waals surface area contributed by atoms with Gasteiger partial charge in [-0.2, -0.15) is 0 Å². The largest absolute Gasteiger partial charge is 0.507 e. The molecule has 0 spiro atoms. The summed E-state index contributed by atoms with van der Waals surface area (Å²) in [4.78, 5) is 32.6. The zero-order chi connectivity index (χ0) is 21.6. The number of benzene rings is 2. The first-order valence-electron chi connectivity index (χ1n) is 9.04. The Kier molecular flexibility index (Phi) is 5.17. The molecule has 30 heavy (non-hydrogen) atoms. The van der Waals surface area contributed by atoms with Crippen LogP contribution in [0.15, 0.2) is 54.1 Å². The molecule has 8 heteroatoms. The molecular formula is C22H16ClFN2O3S. The molecule has 1 atom stereocenters. The van der Waals surface area contributed by atoms with Crippen molar-refractivity contribution in [1.82, 2.24) is 4.98 Å². The molecule has 1 aliphatic rings. The smallest absolute Gasteiger partial charge is 0.301 e. The zero-order valence-electron chi connectivity index (χ0n) is 16.0. The van der Waals surface area contributed by atoms with Crippen LogP contribution >= 0.6 is 22.9 Å². The molecule has 1 amide bonds. The van der Waals surface area contributed by atoms with Gasteiger partial charge in [-0.3, -0.25) is 14.5 Å². The molecule has 2 heterocycles. The van der Waals surface area contributed by atoms with Gasteiger partial charge in [-0.15, -0.1) is 11.3 Å². The third kappa shape index (κ3) is 3.40. The fourth-order valence-corrected chi connectivity index (χ4v) is 4.37. The molecule has 1 N–H and O–H groups in total. The molecule has 1 fully saturated rings. The van der Waals surface area contributed by atoms with E-state index in [1.165, 1.54) is 40.5 Å². The van der Waals surface area contributed by atoms with Crippen molar-refractivity contribution in [3.8, 4) is 0 Å². The van der Waals surface area contributed by atoms with Crippen molar-refractivity contribution in [2.45, 2.75) is 19.9 Å². The number of hydrogen-bond acceptors (Lipinski definition) is 5. The van der Waals surface area contributed by atoms with Crippen molar-refractivity contribution in [2.75, 3.05) is 4.90 Å². The van der Waals surface area contributed by atoms with Crippen LogP contribution in [0.3, 0.4) is 0 Å². The summed E-state index contributed by atoms with van der Waals surface area (Å²) in [5.41, 5.74) is 1.50. The number of hydrogen-bond donors (Lipinski definition) is 1. The molecule has 152 valence electrons. The van der Waals surface area contributed by atoms with Crippen LogP contribution in [-0.4, -0.2) is 21.8 Å². The van der Waals surface area contributed by atoms with Crippen LogP contribution in [-0.2, 0) is 9.59 Å². The Labute approximate surface area is 181 Å². The quantitative estimate of drug-likeness (QED) is 0.344. The third-order valence-electron chi connectivity index (χ3n) is 4.97. The molecule has 0 radical (unpaired) electrons. The number of ketones is 1. The minimum atomic E-state index is -0.891. The lowest BCUT2D eigenvalue weighted by Crippen LogP contribution is -2.29. The highest BCUT2D eigenvalue weighted by molar-refractivity contribution is 7.16. The molecule has 0 unspecified atom stereocenters. The summed E-state index contributed by atoms with van der Waals surface area (Å²) in [5.74, 6) is -2.47. The highest BCUT2D eigenvalue weighted by atomic mass is 35.5. The monoisotopic (exact) mass is 442 g/mol. The van der Waals surface area contributed by atoms with E-state index in [4.69, 9.17) is 11.6 Å². The molecule has 3 aromatic rings. The van der Waals surface area contributed by atoms with Crippen LogP contribution in [0, 0.1) is 19.7 Å². The van der Waals surface area contributed by atoms with Crippen molar-refractivity contribution >= 4 is 45.5 Å². The highest BCUT2D eigenvalue weighted by Crippen LogP contribution is 2.43. The topological polar surface area (TPSA) is 70.5 Å². The Morgan fingerprint density at radius 3 is 2.30 bits per heavy atom. The number of aromatic nitrogens is 1. The van der Waals surface area contributed by atoms with Crippen LogP contribution < -0.4 is 4.90 Å². The number of carbonyl (C=O) groups excluding carboxylic acids is 2. The second kappa shape index (κ2) is 7.66. The first-order chi connectivity index (χ1) is 14.3. The van der Waals surface area contributed by atoms with Crippen molar-refractivity contribution in [3.05, 3.63) is 86.6 Å². The van der Waals surface area contributed by atoms with Crippen LogP contribution in [0.5, 0.6) is 0 Å². The molecule has 0 saturated carbocycles. The number of rotatable bonds is 3. The van der Waals surface area contributed by atoms with Gasteiger partial charge in [0.2, 0.25) is 0 Å². The second-order valence-corrected chi connectivity index (χ2v) is 8.48. The zero-order valence-corrected chi connectivity index (χ0v) is 17.6. The first kappa shape index (κ1) is 20.3. The number of carbonyl (C=O) groups is 2. The summed E-state index contributed by atoms with van der Waals surface area (Å²) in [7, 11) is 0. The average Bonchev–Trinajstić information content (AvgIpc) is 3.18. The average molecular weight is 443 g/mol. The van der Waals surface area contributed by atoms with Gasteiger partial charge < -0.3 is 5.11 Å². The van der Waals surface area contributed by atoms with Gasteiger partial charge in [-0.05, 0) is 55.8 Å². The van der Waals surface area contributed by atoms with E-state index >= 15 is 0 Å².